The molecular formula is C17H15F9N4O2S. The molecule has 184 valence electrons. The van der Waals surface area contributed by atoms with Crippen molar-refractivity contribution in [3.63, 3.8) is 0 Å². The van der Waals surface area contributed by atoms with Gasteiger partial charge in [-0.05, 0) is 30.4 Å². The van der Waals surface area contributed by atoms with Gasteiger partial charge in [0.05, 0.1) is 10.6 Å². The molecule has 0 N–H and O–H groups in total. The van der Waals surface area contributed by atoms with Crippen LogP contribution >= 0.6 is 0 Å². The Morgan fingerprint density at radius 1 is 1.00 bits per heavy atom. The minimum atomic E-state index is -7.11. The van der Waals surface area contributed by atoms with Crippen LogP contribution in [0, 0.1) is 0 Å². The van der Waals surface area contributed by atoms with E-state index in [9.17, 15) is 47.9 Å². The number of halogens is 9. The lowest BCUT2D eigenvalue weighted by atomic mass is 10.0. The highest BCUT2D eigenvalue weighted by molar-refractivity contribution is 7.91. The monoisotopic (exact) mass is 510 g/mol. The molecule has 1 aliphatic carbocycles. The Hall–Kier alpha value is -2.39. The predicted octanol–water partition coefficient (Wildman–Crippen LogP) is 4.47. The molecule has 16 heteroatoms. The van der Waals surface area contributed by atoms with Crippen molar-refractivity contribution in [3.8, 4) is 11.5 Å². The first-order chi connectivity index (χ1) is 14.9. The molecule has 0 bridgehead atoms. The number of hydrogen-bond acceptors (Lipinski definition) is 5. The Labute approximate surface area is 180 Å². The van der Waals surface area contributed by atoms with E-state index in [4.69, 9.17) is 0 Å². The molecule has 6 nitrogen and oxygen atoms in total. The molecule has 0 aromatic carbocycles. The lowest BCUT2D eigenvalue weighted by Gasteiger charge is -2.32. The fourth-order valence-corrected chi connectivity index (χ4v) is 4.05. The molecule has 2 aromatic heterocycles. The normalized spacial score (nSPS) is 16.3. The maximum absolute atomic E-state index is 14.3. The van der Waals surface area contributed by atoms with Crippen molar-refractivity contribution < 1.29 is 47.9 Å². The van der Waals surface area contributed by atoms with Crippen LogP contribution in [-0.4, -0.2) is 51.9 Å². The second-order valence-corrected chi connectivity index (χ2v) is 9.67. The number of sulfone groups is 1. The number of nitrogens with zero attached hydrogens (tertiary/aromatic N) is 4. The van der Waals surface area contributed by atoms with Crippen LogP contribution in [0.1, 0.15) is 37.1 Å². The first-order valence-electron chi connectivity index (χ1n) is 9.23. The largest absolute Gasteiger partial charge is 0.460 e. The molecule has 0 unspecified atom stereocenters. The molecule has 0 amide bonds. The summed E-state index contributed by atoms with van der Waals surface area (Å²) in [6.45, 7) is 1.26. The summed E-state index contributed by atoms with van der Waals surface area (Å²) in [5, 5.41) is 5.85. The number of rotatable bonds is 7. The smallest absolute Gasteiger partial charge is 0.307 e. The third kappa shape index (κ3) is 3.85. The molecule has 2 heterocycles. The predicted molar refractivity (Wildman–Crippen MR) is 93.8 cm³/mol. The summed E-state index contributed by atoms with van der Waals surface area (Å²) in [7, 11) is -3.48. The molecule has 33 heavy (non-hydrogen) atoms. The highest BCUT2D eigenvalue weighted by atomic mass is 32.2. The van der Waals surface area contributed by atoms with Gasteiger partial charge in [0, 0.05) is 13.2 Å². The lowest BCUT2D eigenvalue weighted by molar-refractivity contribution is -0.401. The van der Waals surface area contributed by atoms with Crippen LogP contribution in [0.2, 0.25) is 0 Å². The second-order valence-electron chi connectivity index (χ2n) is 7.42. The molecule has 2 aromatic rings. The average molecular weight is 510 g/mol. The van der Waals surface area contributed by atoms with Gasteiger partial charge in [-0.25, -0.2) is 8.42 Å². The zero-order valence-electron chi connectivity index (χ0n) is 16.8. The Balaban J connectivity index is 2.17. The van der Waals surface area contributed by atoms with Gasteiger partial charge in [-0.1, -0.05) is 6.92 Å². The van der Waals surface area contributed by atoms with Crippen LogP contribution in [0.25, 0.3) is 11.5 Å². The molecule has 1 fully saturated rings. The van der Waals surface area contributed by atoms with Crippen LogP contribution in [0.4, 0.5) is 39.5 Å². The summed E-state index contributed by atoms with van der Waals surface area (Å²) in [5.74, 6) is -23.7. The molecule has 0 saturated heterocycles. The van der Waals surface area contributed by atoms with Crippen LogP contribution in [-0.2, 0) is 22.8 Å². The zero-order chi connectivity index (χ0) is 25.2. The number of pyridine rings is 1. The van der Waals surface area contributed by atoms with Crippen molar-refractivity contribution >= 4 is 9.84 Å². The molecule has 3 rings (SSSR count). The second kappa shape index (κ2) is 7.56. The summed E-state index contributed by atoms with van der Waals surface area (Å²) in [6.07, 6.45) is -4.30. The van der Waals surface area contributed by atoms with E-state index in [-0.39, 0.29) is 10.5 Å². The topological polar surface area (TPSA) is 77.7 Å². The van der Waals surface area contributed by atoms with Gasteiger partial charge in [0.15, 0.2) is 15.7 Å². The third-order valence-electron chi connectivity index (χ3n) is 5.15. The van der Waals surface area contributed by atoms with E-state index in [1.165, 1.54) is 19.2 Å². The first-order valence-corrected chi connectivity index (χ1v) is 10.9. The first kappa shape index (κ1) is 25.2. The minimum absolute atomic E-state index is 0.00811. The minimum Gasteiger partial charge on any atom is -0.307 e. The van der Waals surface area contributed by atoms with E-state index in [1.54, 1.807) is 0 Å². The van der Waals surface area contributed by atoms with Crippen LogP contribution in [0.15, 0.2) is 17.2 Å². The van der Waals surface area contributed by atoms with E-state index in [2.05, 4.69) is 15.2 Å². The Kier molecular flexibility index (Phi) is 5.78. The molecule has 0 radical (unpaired) electrons. The summed E-state index contributed by atoms with van der Waals surface area (Å²) in [5.41, 5.74) is -0.0842. The Morgan fingerprint density at radius 3 is 2.06 bits per heavy atom. The molecule has 1 saturated carbocycles. The zero-order valence-corrected chi connectivity index (χ0v) is 17.6. The van der Waals surface area contributed by atoms with Gasteiger partial charge in [0.25, 0.3) is 0 Å². The standard InChI is InChI=1S/C17H15F9N4O2S/c1-3-33(31,32)10-6-9(8-4-5-8)7-27-11(10)12-28-29-13(30(12)2)14(18,19)15(20,21)16(22,23)17(24,25)26/h6-8H,3-5H2,1-2H3. The van der Waals surface area contributed by atoms with E-state index in [0.717, 1.165) is 12.8 Å². The summed E-state index contributed by atoms with van der Waals surface area (Å²) in [6, 6.07) is 1.21. The van der Waals surface area contributed by atoms with Gasteiger partial charge in [-0.2, -0.15) is 39.5 Å². The van der Waals surface area contributed by atoms with Gasteiger partial charge >= 0.3 is 23.9 Å². The lowest BCUT2D eigenvalue weighted by Crippen LogP contribution is -2.60. The summed E-state index contributed by atoms with van der Waals surface area (Å²) < 4.78 is 145. The molecule has 0 aliphatic heterocycles. The van der Waals surface area contributed by atoms with Crippen molar-refractivity contribution in [2.75, 3.05) is 5.75 Å². The Morgan fingerprint density at radius 2 is 1.58 bits per heavy atom. The SMILES string of the molecule is CCS(=O)(=O)c1cc(C2CC2)cnc1-c1nnc(C(F)(F)C(F)(F)C(F)(F)C(F)(F)F)n1C. The van der Waals surface area contributed by atoms with Crippen molar-refractivity contribution in [3.05, 3.63) is 23.7 Å². The van der Waals surface area contributed by atoms with Crippen molar-refractivity contribution in [1.82, 2.24) is 19.7 Å². The highest BCUT2D eigenvalue weighted by Crippen LogP contribution is 2.56. The maximum atomic E-state index is 14.3. The quantitative estimate of drug-likeness (QED) is 0.514. The highest BCUT2D eigenvalue weighted by Gasteiger charge is 2.83. The molecule has 1 aliphatic rings. The van der Waals surface area contributed by atoms with Crippen LogP contribution in [0.3, 0.4) is 0 Å². The van der Waals surface area contributed by atoms with E-state index < -0.39 is 61.8 Å². The van der Waals surface area contributed by atoms with Crippen LogP contribution < -0.4 is 0 Å². The van der Waals surface area contributed by atoms with Gasteiger partial charge < -0.3 is 4.57 Å². The van der Waals surface area contributed by atoms with E-state index in [1.807, 2.05) is 0 Å². The van der Waals surface area contributed by atoms with Crippen molar-refractivity contribution in [2.45, 2.75) is 54.5 Å². The fourth-order valence-electron chi connectivity index (χ4n) is 2.98. The average Bonchev–Trinajstić information content (AvgIpc) is 3.48. The number of hydrogen-bond donors (Lipinski definition) is 0. The van der Waals surface area contributed by atoms with Crippen molar-refractivity contribution in [1.29, 1.82) is 0 Å². The molecular weight excluding hydrogens is 495 g/mol. The fraction of sp³-hybridized carbons (Fsp3) is 0.588. The van der Waals surface area contributed by atoms with Crippen molar-refractivity contribution in [2.24, 2.45) is 7.05 Å². The maximum Gasteiger partial charge on any atom is 0.460 e. The third-order valence-corrected chi connectivity index (χ3v) is 6.89. The van der Waals surface area contributed by atoms with Gasteiger partial charge in [-0.3, -0.25) is 4.98 Å². The summed E-state index contributed by atoms with van der Waals surface area (Å²) in [4.78, 5) is 3.37. The summed E-state index contributed by atoms with van der Waals surface area (Å²) >= 11 is 0. The van der Waals surface area contributed by atoms with Crippen LogP contribution in [0.5, 0.6) is 0 Å². The molecule has 0 spiro atoms. The van der Waals surface area contributed by atoms with Gasteiger partial charge in [-0.15, -0.1) is 10.2 Å². The van der Waals surface area contributed by atoms with Gasteiger partial charge in [0.1, 0.15) is 5.69 Å². The molecule has 0 atom stereocenters. The number of alkyl halides is 9. The number of aromatic nitrogens is 4. The Bertz CT molecular complexity index is 1170. The van der Waals surface area contributed by atoms with Gasteiger partial charge in [0.2, 0.25) is 5.82 Å². The van der Waals surface area contributed by atoms with E-state index in [0.29, 0.717) is 12.6 Å². The van der Waals surface area contributed by atoms with E-state index >= 15 is 0 Å².